The molecule has 0 bridgehead atoms. The number of carbonyl (C=O) groups is 1. The second-order valence-electron chi connectivity index (χ2n) is 7.54. The Morgan fingerprint density at radius 2 is 2.00 bits per heavy atom. The molecule has 4 rings (SSSR count). The third-order valence-electron chi connectivity index (χ3n) is 5.48. The number of hydrogen-bond donors (Lipinski definition) is 1. The van der Waals surface area contributed by atoms with E-state index >= 15 is 0 Å². The maximum Gasteiger partial charge on any atom is 0.262 e. The Bertz CT molecular complexity index is 875. The Morgan fingerprint density at radius 3 is 2.77 bits per heavy atom. The molecule has 1 aromatic heterocycles. The second kappa shape index (κ2) is 7.43. The number of benzene rings is 1. The first kappa shape index (κ1) is 17.6. The number of hydrogen-bond acceptors (Lipinski definition) is 4. The molecule has 2 aliphatic rings. The van der Waals surface area contributed by atoms with E-state index < -0.39 is 0 Å². The number of nitrogens with one attached hydrogen (secondary N) is 1. The summed E-state index contributed by atoms with van der Waals surface area (Å²) in [7, 11) is 0. The number of rotatable bonds is 5. The number of para-hydroxylation sites is 1. The first-order valence-electron chi connectivity index (χ1n) is 9.57. The van der Waals surface area contributed by atoms with Gasteiger partial charge in [-0.3, -0.25) is 14.2 Å². The molecule has 5 nitrogen and oxygen atoms in total. The Morgan fingerprint density at radius 1 is 1.23 bits per heavy atom. The maximum absolute atomic E-state index is 12.8. The van der Waals surface area contributed by atoms with Gasteiger partial charge in [0.1, 0.15) is 0 Å². The van der Waals surface area contributed by atoms with Crippen LogP contribution in [0, 0.1) is 5.92 Å². The van der Waals surface area contributed by atoms with Gasteiger partial charge in [0.25, 0.3) is 5.56 Å². The first-order chi connectivity index (χ1) is 12.6. The lowest BCUT2D eigenvalue weighted by Gasteiger charge is -2.29. The van der Waals surface area contributed by atoms with E-state index in [2.05, 4.69) is 17.2 Å². The Kier molecular flexibility index (Phi) is 5.02. The Labute approximate surface area is 157 Å². The zero-order valence-corrected chi connectivity index (χ0v) is 15.9. The molecule has 1 amide bonds. The van der Waals surface area contributed by atoms with Crippen molar-refractivity contribution in [3.8, 4) is 0 Å². The van der Waals surface area contributed by atoms with Crippen LogP contribution in [0.4, 0.5) is 0 Å². The maximum atomic E-state index is 12.8. The lowest BCUT2D eigenvalue weighted by atomic mass is 9.86. The highest BCUT2D eigenvalue weighted by atomic mass is 32.2. The van der Waals surface area contributed by atoms with Crippen molar-refractivity contribution in [1.29, 1.82) is 0 Å². The van der Waals surface area contributed by atoms with Crippen LogP contribution in [-0.4, -0.2) is 27.3 Å². The molecule has 1 N–H and O–H groups in total. The summed E-state index contributed by atoms with van der Waals surface area (Å²) in [6, 6.07) is 7.98. The van der Waals surface area contributed by atoms with Gasteiger partial charge in [-0.25, -0.2) is 4.98 Å². The van der Waals surface area contributed by atoms with Crippen LogP contribution in [-0.2, 0) is 4.79 Å². The van der Waals surface area contributed by atoms with Crippen molar-refractivity contribution in [1.82, 2.24) is 14.9 Å². The molecule has 6 heteroatoms. The topological polar surface area (TPSA) is 64.0 Å². The largest absolute Gasteiger partial charge is 0.352 e. The molecule has 0 aliphatic heterocycles. The van der Waals surface area contributed by atoms with E-state index in [4.69, 9.17) is 0 Å². The van der Waals surface area contributed by atoms with Gasteiger partial charge in [-0.2, -0.15) is 0 Å². The molecule has 0 unspecified atom stereocenters. The average molecular weight is 372 g/mol. The predicted molar refractivity (Wildman–Crippen MR) is 105 cm³/mol. The van der Waals surface area contributed by atoms with E-state index in [1.54, 1.807) is 4.57 Å². The molecule has 2 aliphatic carbocycles. The van der Waals surface area contributed by atoms with Gasteiger partial charge in [0.15, 0.2) is 5.16 Å². The molecular weight excluding hydrogens is 346 g/mol. The van der Waals surface area contributed by atoms with E-state index in [1.807, 2.05) is 24.3 Å². The summed E-state index contributed by atoms with van der Waals surface area (Å²) in [5.41, 5.74) is 0.722. The van der Waals surface area contributed by atoms with Crippen LogP contribution < -0.4 is 10.9 Å². The lowest BCUT2D eigenvalue weighted by Crippen LogP contribution is -2.41. The molecule has 0 radical (unpaired) electrons. The quantitative estimate of drug-likeness (QED) is 0.645. The minimum atomic E-state index is 0.0157. The van der Waals surface area contributed by atoms with Gasteiger partial charge in [-0.1, -0.05) is 43.7 Å². The van der Waals surface area contributed by atoms with Crippen LogP contribution in [0.15, 0.2) is 34.2 Å². The summed E-state index contributed by atoms with van der Waals surface area (Å²) in [6.07, 6.45) is 6.73. The molecule has 2 aromatic rings. The van der Waals surface area contributed by atoms with E-state index in [0.717, 1.165) is 19.3 Å². The third-order valence-corrected chi connectivity index (χ3v) is 6.43. The van der Waals surface area contributed by atoms with Crippen molar-refractivity contribution in [2.75, 3.05) is 5.75 Å². The summed E-state index contributed by atoms with van der Waals surface area (Å²) >= 11 is 1.38. The van der Waals surface area contributed by atoms with Crippen molar-refractivity contribution < 1.29 is 4.79 Å². The van der Waals surface area contributed by atoms with Gasteiger partial charge < -0.3 is 5.32 Å². The Balaban J connectivity index is 1.50. The van der Waals surface area contributed by atoms with Gasteiger partial charge in [0.05, 0.1) is 16.7 Å². The monoisotopic (exact) mass is 371 g/mol. The van der Waals surface area contributed by atoms with E-state index in [-0.39, 0.29) is 23.6 Å². The summed E-state index contributed by atoms with van der Waals surface area (Å²) < 4.78 is 1.80. The van der Waals surface area contributed by atoms with Crippen molar-refractivity contribution >= 4 is 28.6 Å². The molecule has 1 aromatic carbocycles. The van der Waals surface area contributed by atoms with Crippen molar-refractivity contribution in [3.05, 3.63) is 34.6 Å². The van der Waals surface area contributed by atoms with Crippen LogP contribution >= 0.6 is 11.8 Å². The highest BCUT2D eigenvalue weighted by molar-refractivity contribution is 7.99. The normalized spacial score (nSPS) is 23.1. The second-order valence-corrected chi connectivity index (χ2v) is 8.48. The van der Waals surface area contributed by atoms with Crippen molar-refractivity contribution in [2.45, 2.75) is 62.7 Å². The average Bonchev–Trinajstić information content (AvgIpc) is 3.47. The zero-order chi connectivity index (χ0) is 18.1. The van der Waals surface area contributed by atoms with Crippen LogP contribution in [0.3, 0.4) is 0 Å². The fourth-order valence-corrected chi connectivity index (χ4v) is 4.67. The molecule has 2 atom stereocenters. The minimum absolute atomic E-state index is 0.0157. The van der Waals surface area contributed by atoms with Crippen molar-refractivity contribution in [3.63, 3.8) is 0 Å². The molecule has 26 heavy (non-hydrogen) atoms. The molecule has 0 saturated heterocycles. The highest BCUT2D eigenvalue weighted by Gasteiger charge is 2.29. The summed E-state index contributed by atoms with van der Waals surface area (Å²) in [6.45, 7) is 2.22. The number of carbonyl (C=O) groups excluding carboxylic acids is 1. The predicted octanol–water partition coefficient (Wildman–Crippen LogP) is 3.52. The van der Waals surface area contributed by atoms with E-state index in [1.165, 1.54) is 31.0 Å². The van der Waals surface area contributed by atoms with Gasteiger partial charge in [0, 0.05) is 12.1 Å². The number of aromatic nitrogens is 2. The van der Waals surface area contributed by atoms with Gasteiger partial charge >= 0.3 is 0 Å². The standard InChI is InChI=1S/C20H25N3O2S/c1-13-6-2-4-8-16(13)21-18(24)12-26-20-22-17-9-5-3-7-15(17)19(25)23(20)14-10-11-14/h3,5,7,9,13-14,16H,2,4,6,8,10-12H2,1H3,(H,21,24)/t13-,16+/m0/s1. The molecule has 138 valence electrons. The number of nitrogens with zero attached hydrogens (tertiary/aromatic N) is 2. The Hall–Kier alpha value is -1.82. The molecule has 2 fully saturated rings. The highest BCUT2D eigenvalue weighted by Crippen LogP contribution is 2.36. The molecule has 2 saturated carbocycles. The molecular formula is C20H25N3O2S. The van der Waals surface area contributed by atoms with Crippen molar-refractivity contribution in [2.24, 2.45) is 5.92 Å². The summed E-state index contributed by atoms with van der Waals surface area (Å²) in [5.74, 6) is 0.889. The smallest absolute Gasteiger partial charge is 0.262 e. The fourth-order valence-electron chi connectivity index (χ4n) is 3.79. The number of thioether (sulfide) groups is 1. The van der Waals surface area contributed by atoms with Gasteiger partial charge in [-0.15, -0.1) is 0 Å². The lowest BCUT2D eigenvalue weighted by molar-refractivity contribution is -0.119. The zero-order valence-electron chi connectivity index (χ0n) is 15.1. The molecule has 0 spiro atoms. The SMILES string of the molecule is C[C@H]1CCCC[C@H]1NC(=O)CSc1nc2ccccc2c(=O)n1C1CC1. The summed E-state index contributed by atoms with van der Waals surface area (Å²) in [4.78, 5) is 29.9. The minimum Gasteiger partial charge on any atom is -0.352 e. The van der Waals surface area contributed by atoms with Crippen LogP contribution in [0.25, 0.3) is 10.9 Å². The van der Waals surface area contributed by atoms with Gasteiger partial charge in [-0.05, 0) is 43.7 Å². The fraction of sp³-hybridized carbons (Fsp3) is 0.550. The third kappa shape index (κ3) is 3.65. The number of fused-ring (bicyclic) bond motifs is 1. The first-order valence-corrected chi connectivity index (χ1v) is 10.6. The molecule has 1 heterocycles. The summed E-state index contributed by atoms with van der Waals surface area (Å²) in [5, 5.41) is 4.51. The van der Waals surface area contributed by atoms with Crippen LogP contribution in [0.1, 0.15) is 51.5 Å². The van der Waals surface area contributed by atoms with E-state index in [0.29, 0.717) is 27.7 Å². The number of amides is 1. The van der Waals surface area contributed by atoms with Crippen LogP contribution in [0.5, 0.6) is 0 Å². The van der Waals surface area contributed by atoms with Crippen LogP contribution in [0.2, 0.25) is 0 Å². The van der Waals surface area contributed by atoms with Gasteiger partial charge in [0.2, 0.25) is 5.91 Å². The van der Waals surface area contributed by atoms with E-state index in [9.17, 15) is 9.59 Å².